The number of hydrogen-bond acceptors (Lipinski definition) is 3. The minimum Gasteiger partial charge on any atom is -1.00 e. The summed E-state index contributed by atoms with van der Waals surface area (Å²) in [5.74, 6) is 0. The van der Waals surface area contributed by atoms with Gasteiger partial charge in [-0.1, -0.05) is 19.9 Å². The molecule has 2 nitrogen and oxygen atoms in total. The number of thiophene rings is 1. The maximum absolute atomic E-state index is 3.46. The summed E-state index contributed by atoms with van der Waals surface area (Å²) >= 11 is 1.82. The molecule has 1 aromatic rings. The maximum Gasteiger partial charge on any atom is 0.0300 e. The summed E-state index contributed by atoms with van der Waals surface area (Å²) in [4.78, 5) is 3.85. The van der Waals surface area contributed by atoms with Crippen LogP contribution in [0.1, 0.15) is 18.7 Å². The molecule has 0 radical (unpaired) electrons. The highest BCUT2D eigenvalue weighted by Gasteiger charge is 1.97. The zero-order valence-corrected chi connectivity index (χ0v) is 12.2. The number of rotatable bonds is 7. The fraction of sp³-hybridized carbons (Fsp3) is 0.636. The van der Waals surface area contributed by atoms with Crippen LogP contribution in [0.2, 0.25) is 0 Å². The molecule has 1 rings (SSSR count). The van der Waals surface area contributed by atoms with Gasteiger partial charge in [0.1, 0.15) is 0 Å². The van der Waals surface area contributed by atoms with E-state index in [1.807, 2.05) is 11.3 Å². The van der Waals surface area contributed by atoms with E-state index in [2.05, 4.69) is 41.6 Å². The third-order valence-corrected chi connectivity index (χ3v) is 3.25. The zero-order chi connectivity index (χ0) is 10.2. The van der Waals surface area contributed by atoms with Crippen LogP contribution < -0.4 is 30.1 Å². The van der Waals surface area contributed by atoms with Gasteiger partial charge in [-0.05, 0) is 24.5 Å². The van der Waals surface area contributed by atoms with Crippen molar-refractivity contribution in [3.63, 3.8) is 0 Å². The van der Waals surface area contributed by atoms with Crippen molar-refractivity contribution in [2.45, 2.75) is 20.4 Å². The Bertz CT molecular complexity index is 226. The average molecular weight is 283 g/mol. The molecule has 1 aromatic heterocycles. The molecule has 0 saturated heterocycles. The van der Waals surface area contributed by atoms with Crippen LogP contribution in [0.4, 0.5) is 0 Å². The Morgan fingerprint density at radius 2 is 1.94 bits per heavy atom. The molecule has 0 aromatic carbocycles. The summed E-state index contributed by atoms with van der Waals surface area (Å²) in [7, 11) is 0. The van der Waals surface area contributed by atoms with E-state index in [1.54, 1.807) is 0 Å². The number of nitrogens with one attached hydrogen (secondary N) is 1. The first kappa shape index (κ1) is 18.6. The van der Waals surface area contributed by atoms with Gasteiger partial charge in [0.2, 0.25) is 0 Å². The van der Waals surface area contributed by atoms with Gasteiger partial charge >= 0.3 is 0 Å². The van der Waals surface area contributed by atoms with E-state index in [9.17, 15) is 0 Å². The first-order valence-corrected chi connectivity index (χ1v) is 6.20. The van der Waals surface area contributed by atoms with Crippen LogP contribution in [-0.2, 0) is 6.54 Å². The standard InChI is InChI=1S/C11H20N2S.2ClH/c1-3-13(4-2)8-7-12-10-11-6-5-9-14-11;;/h5-6,9,12H,3-4,7-8,10H2,1-2H3;2*1H/p-2. The monoisotopic (exact) mass is 282 g/mol. The molecule has 0 spiro atoms. The normalized spacial score (nSPS) is 9.69. The summed E-state index contributed by atoms with van der Waals surface area (Å²) in [6.07, 6.45) is 0. The SMILES string of the molecule is CCN(CC)CCNCc1cccs1.[Cl-].[Cl-]. The van der Waals surface area contributed by atoms with Crippen molar-refractivity contribution in [2.75, 3.05) is 26.2 Å². The second-order valence-corrected chi connectivity index (χ2v) is 4.32. The smallest absolute Gasteiger partial charge is 0.0300 e. The van der Waals surface area contributed by atoms with Gasteiger partial charge in [-0.2, -0.15) is 0 Å². The molecule has 0 bridgehead atoms. The Morgan fingerprint density at radius 1 is 1.25 bits per heavy atom. The van der Waals surface area contributed by atoms with Gasteiger partial charge in [0.15, 0.2) is 0 Å². The third-order valence-electron chi connectivity index (χ3n) is 2.38. The summed E-state index contributed by atoms with van der Waals surface area (Å²) in [5.41, 5.74) is 0. The lowest BCUT2D eigenvalue weighted by Gasteiger charge is -2.17. The van der Waals surface area contributed by atoms with Crippen molar-refractivity contribution in [3.05, 3.63) is 22.4 Å². The van der Waals surface area contributed by atoms with Crippen LogP contribution >= 0.6 is 11.3 Å². The van der Waals surface area contributed by atoms with E-state index in [1.165, 1.54) is 4.88 Å². The van der Waals surface area contributed by atoms with Gasteiger partial charge in [0, 0.05) is 24.5 Å². The van der Waals surface area contributed by atoms with Gasteiger partial charge in [-0.3, -0.25) is 0 Å². The van der Waals surface area contributed by atoms with E-state index in [0.717, 1.165) is 32.7 Å². The Kier molecular flexibility index (Phi) is 13.5. The molecule has 16 heavy (non-hydrogen) atoms. The summed E-state index contributed by atoms with van der Waals surface area (Å²) < 4.78 is 0. The van der Waals surface area contributed by atoms with E-state index < -0.39 is 0 Å². The molecular weight excluding hydrogens is 263 g/mol. The van der Waals surface area contributed by atoms with Crippen LogP contribution in [0.15, 0.2) is 17.5 Å². The Hall–Kier alpha value is 0.200. The Labute approximate surface area is 115 Å². The van der Waals surface area contributed by atoms with Crippen LogP contribution in [-0.4, -0.2) is 31.1 Å². The quantitative estimate of drug-likeness (QED) is 0.516. The third kappa shape index (κ3) is 7.47. The molecular formula is C11H20Cl2N2S-2. The lowest BCUT2D eigenvalue weighted by atomic mass is 10.4. The fourth-order valence-corrected chi connectivity index (χ4v) is 2.08. The number of halogens is 2. The minimum absolute atomic E-state index is 0. The zero-order valence-electron chi connectivity index (χ0n) is 9.88. The molecule has 0 aliphatic carbocycles. The van der Waals surface area contributed by atoms with Gasteiger partial charge in [0.25, 0.3) is 0 Å². The molecule has 1 heterocycles. The fourth-order valence-electron chi connectivity index (χ4n) is 1.40. The largest absolute Gasteiger partial charge is 1.00 e. The van der Waals surface area contributed by atoms with E-state index in [0.29, 0.717) is 0 Å². The number of likely N-dealkylation sites (N-methyl/N-ethyl adjacent to an activating group) is 1. The second kappa shape index (κ2) is 11.7. The van der Waals surface area contributed by atoms with Crippen LogP contribution in [0.25, 0.3) is 0 Å². The molecule has 0 atom stereocenters. The molecule has 0 aliphatic rings. The summed E-state index contributed by atoms with van der Waals surface area (Å²) in [6, 6.07) is 4.28. The average Bonchev–Trinajstić information content (AvgIpc) is 2.71. The molecule has 0 saturated carbocycles. The van der Waals surface area contributed by atoms with Gasteiger partial charge in [-0.15, -0.1) is 11.3 Å². The minimum atomic E-state index is 0. The van der Waals surface area contributed by atoms with E-state index >= 15 is 0 Å². The highest BCUT2D eigenvalue weighted by Crippen LogP contribution is 2.06. The van der Waals surface area contributed by atoms with E-state index in [-0.39, 0.29) is 24.8 Å². The van der Waals surface area contributed by atoms with Crippen molar-refractivity contribution >= 4 is 11.3 Å². The van der Waals surface area contributed by atoms with Crippen LogP contribution in [0.3, 0.4) is 0 Å². The Balaban J connectivity index is 0. The Morgan fingerprint density at radius 3 is 2.44 bits per heavy atom. The summed E-state index contributed by atoms with van der Waals surface area (Å²) in [5, 5.41) is 5.58. The molecule has 5 heteroatoms. The molecule has 0 fully saturated rings. The van der Waals surface area contributed by atoms with Crippen LogP contribution in [0, 0.1) is 0 Å². The number of nitrogens with zero attached hydrogens (tertiary/aromatic N) is 1. The summed E-state index contributed by atoms with van der Waals surface area (Å²) in [6.45, 7) is 9.97. The van der Waals surface area contributed by atoms with Crippen molar-refractivity contribution in [3.8, 4) is 0 Å². The van der Waals surface area contributed by atoms with Gasteiger partial charge < -0.3 is 35.0 Å². The second-order valence-electron chi connectivity index (χ2n) is 3.28. The van der Waals surface area contributed by atoms with Gasteiger partial charge in [0.05, 0.1) is 0 Å². The first-order chi connectivity index (χ1) is 6.86. The molecule has 0 unspecified atom stereocenters. The lowest BCUT2D eigenvalue weighted by molar-refractivity contribution is -0.00100. The van der Waals surface area contributed by atoms with Crippen LogP contribution in [0.5, 0.6) is 0 Å². The van der Waals surface area contributed by atoms with Crippen molar-refractivity contribution in [1.82, 2.24) is 10.2 Å². The van der Waals surface area contributed by atoms with Crippen molar-refractivity contribution in [1.29, 1.82) is 0 Å². The first-order valence-electron chi connectivity index (χ1n) is 5.32. The van der Waals surface area contributed by atoms with Crippen molar-refractivity contribution < 1.29 is 24.8 Å². The molecule has 0 amide bonds. The molecule has 96 valence electrons. The van der Waals surface area contributed by atoms with Gasteiger partial charge in [-0.25, -0.2) is 0 Å². The molecule has 1 N–H and O–H groups in total. The predicted molar refractivity (Wildman–Crippen MR) is 63.8 cm³/mol. The lowest BCUT2D eigenvalue weighted by Crippen LogP contribution is -3.00. The predicted octanol–water partition coefficient (Wildman–Crippen LogP) is -3.81. The highest BCUT2D eigenvalue weighted by molar-refractivity contribution is 7.09. The molecule has 0 aliphatic heterocycles. The van der Waals surface area contributed by atoms with Crippen molar-refractivity contribution in [2.24, 2.45) is 0 Å². The maximum atomic E-state index is 3.46. The number of hydrogen-bond donors (Lipinski definition) is 1. The topological polar surface area (TPSA) is 15.3 Å². The highest BCUT2D eigenvalue weighted by atomic mass is 35.5. The van der Waals surface area contributed by atoms with E-state index in [4.69, 9.17) is 0 Å².